The van der Waals surface area contributed by atoms with Crippen LogP contribution >= 0.6 is 11.3 Å². The molecule has 0 aromatic carbocycles. The minimum Gasteiger partial charge on any atom is -0.329 e. The molecular weight excluding hydrogens is 240 g/mol. The van der Waals surface area contributed by atoms with Gasteiger partial charge in [0.05, 0.1) is 6.04 Å². The first kappa shape index (κ1) is 14.0. The molecule has 1 aromatic rings. The van der Waals surface area contributed by atoms with E-state index in [1.165, 1.54) is 42.8 Å². The zero-order valence-corrected chi connectivity index (χ0v) is 12.7. The third-order valence-corrected chi connectivity index (χ3v) is 5.36. The van der Waals surface area contributed by atoms with Gasteiger partial charge in [0.25, 0.3) is 0 Å². The van der Waals surface area contributed by atoms with E-state index in [0.29, 0.717) is 11.5 Å². The Morgan fingerprint density at radius 2 is 2.17 bits per heavy atom. The van der Waals surface area contributed by atoms with E-state index < -0.39 is 0 Å². The van der Waals surface area contributed by atoms with Gasteiger partial charge < -0.3 is 5.73 Å². The van der Waals surface area contributed by atoms with Crippen molar-refractivity contribution in [1.29, 1.82) is 0 Å². The molecule has 0 saturated carbocycles. The Kier molecular flexibility index (Phi) is 4.46. The van der Waals surface area contributed by atoms with Crippen molar-refractivity contribution in [2.75, 3.05) is 19.6 Å². The van der Waals surface area contributed by atoms with Crippen LogP contribution < -0.4 is 5.73 Å². The van der Waals surface area contributed by atoms with Crippen molar-refractivity contribution in [3.8, 4) is 0 Å². The van der Waals surface area contributed by atoms with E-state index in [4.69, 9.17) is 5.73 Å². The molecule has 0 radical (unpaired) electrons. The van der Waals surface area contributed by atoms with Crippen LogP contribution in [-0.2, 0) is 0 Å². The fraction of sp³-hybridized carbons (Fsp3) is 0.733. The van der Waals surface area contributed by atoms with Gasteiger partial charge in [-0.3, -0.25) is 4.90 Å². The standard InChI is InChI=1S/C15H26N2S/c1-12-5-10-18-14(12)13(11-16)17-8-4-6-15(2,3)7-9-17/h5,10,13H,4,6-9,11,16H2,1-3H3. The van der Waals surface area contributed by atoms with Crippen LogP contribution in [0.1, 0.15) is 49.6 Å². The van der Waals surface area contributed by atoms with Gasteiger partial charge in [0, 0.05) is 11.4 Å². The molecule has 0 bridgehead atoms. The van der Waals surface area contributed by atoms with E-state index in [1.54, 1.807) is 0 Å². The predicted molar refractivity (Wildman–Crippen MR) is 80.1 cm³/mol. The topological polar surface area (TPSA) is 29.3 Å². The van der Waals surface area contributed by atoms with Gasteiger partial charge in [-0.1, -0.05) is 13.8 Å². The third-order valence-electron chi connectivity index (χ3n) is 4.24. The summed E-state index contributed by atoms with van der Waals surface area (Å²) >= 11 is 1.86. The van der Waals surface area contributed by atoms with Crippen LogP contribution in [0.25, 0.3) is 0 Å². The Morgan fingerprint density at radius 1 is 1.39 bits per heavy atom. The number of thiophene rings is 1. The maximum absolute atomic E-state index is 6.05. The summed E-state index contributed by atoms with van der Waals surface area (Å²) in [6, 6.07) is 2.64. The van der Waals surface area contributed by atoms with Crippen molar-refractivity contribution < 1.29 is 0 Å². The zero-order valence-electron chi connectivity index (χ0n) is 11.9. The number of hydrogen-bond donors (Lipinski definition) is 1. The van der Waals surface area contributed by atoms with Crippen LogP contribution in [0.15, 0.2) is 11.4 Å². The second-order valence-corrected chi connectivity index (χ2v) is 7.22. The Bertz CT molecular complexity index is 384. The number of rotatable bonds is 3. The average Bonchev–Trinajstić information content (AvgIpc) is 2.64. The third kappa shape index (κ3) is 3.14. The molecule has 1 aromatic heterocycles. The monoisotopic (exact) mass is 266 g/mol. The van der Waals surface area contributed by atoms with E-state index in [-0.39, 0.29) is 0 Å². The van der Waals surface area contributed by atoms with Gasteiger partial charge in [-0.05, 0) is 61.7 Å². The van der Waals surface area contributed by atoms with Gasteiger partial charge in [0.15, 0.2) is 0 Å². The molecule has 2 rings (SSSR count). The fourth-order valence-electron chi connectivity index (χ4n) is 2.90. The summed E-state index contributed by atoms with van der Waals surface area (Å²) in [4.78, 5) is 4.07. The van der Waals surface area contributed by atoms with Crippen LogP contribution in [0.2, 0.25) is 0 Å². The zero-order chi connectivity index (χ0) is 13.2. The molecule has 102 valence electrons. The lowest BCUT2D eigenvalue weighted by Crippen LogP contribution is -2.34. The van der Waals surface area contributed by atoms with Crippen LogP contribution in [-0.4, -0.2) is 24.5 Å². The lowest BCUT2D eigenvalue weighted by Gasteiger charge is -2.30. The first-order chi connectivity index (χ1) is 8.53. The van der Waals surface area contributed by atoms with E-state index in [0.717, 1.165) is 6.54 Å². The van der Waals surface area contributed by atoms with E-state index in [2.05, 4.69) is 37.1 Å². The van der Waals surface area contributed by atoms with E-state index in [9.17, 15) is 0 Å². The smallest absolute Gasteiger partial charge is 0.0566 e. The van der Waals surface area contributed by atoms with Crippen molar-refractivity contribution >= 4 is 11.3 Å². The molecule has 2 heterocycles. The van der Waals surface area contributed by atoms with Gasteiger partial charge in [-0.2, -0.15) is 0 Å². The Labute approximate surface area is 115 Å². The van der Waals surface area contributed by atoms with E-state index >= 15 is 0 Å². The highest BCUT2D eigenvalue weighted by atomic mass is 32.1. The fourth-order valence-corrected chi connectivity index (χ4v) is 3.98. The van der Waals surface area contributed by atoms with Crippen molar-refractivity contribution in [1.82, 2.24) is 4.90 Å². The molecule has 1 saturated heterocycles. The Morgan fingerprint density at radius 3 is 2.78 bits per heavy atom. The maximum atomic E-state index is 6.05. The minimum atomic E-state index is 0.430. The molecule has 2 N–H and O–H groups in total. The lowest BCUT2D eigenvalue weighted by molar-refractivity contribution is 0.202. The summed E-state index contributed by atoms with van der Waals surface area (Å²) in [7, 11) is 0. The first-order valence-corrected chi connectivity index (χ1v) is 7.89. The summed E-state index contributed by atoms with van der Waals surface area (Å²) in [6.45, 7) is 10.1. The highest BCUT2D eigenvalue weighted by Crippen LogP contribution is 2.34. The second-order valence-electron chi connectivity index (χ2n) is 6.27. The largest absolute Gasteiger partial charge is 0.329 e. The van der Waals surface area contributed by atoms with Crippen molar-refractivity contribution in [2.24, 2.45) is 11.1 Å². The average molecular weight is 266 g/mol. The molecule has 18 heavy (non-hydrogen) atoms. The van der Waals surface area contributed by atoms with Crippen LogP contribution in [0.4, 0.5) is 0 Å². The second kappa shape index (κ2) is 5.72. The predicted octanol–water partition coefficient (Wildman–Crippen LogP) is 3.57. The van der Waals surface area contributed by atoms with Crippen LogP contribution in [0.3, 0.4) is 0 Å². The number of likely N-dealkylation sites (tertiary alicyclic amines) is 1. The number of nitrogens with zero attached hydrogens (tertiary/aromatic N) is 1. The van der Waals surface area contributed by atoms with Gasteiger partial charge in [0.2, 0.25) is 0 Å². The van der Waals surface area contributed by atoms with Crippen molar-refractivity contribution in [3.05, 3.63) is 21.9 Å². The molecule has 1 unspecified atom stereocenters. The van der Waals surface area contributed by atoms with Crippen molar-refractivity contribution in [2.45, 2.75) is 46.1 Å². The van der Waals surface area contributed by atoms with Crippen LogP contribution in [0, 0.1) is 12.3 Å². The summed E-state index contributed by atoms with van der Waals surface area (Å²) in [5.74, 6) is 0. The molecule has 3 heteroatoms. The maximum Gasteiger partial charge on any atom is 0.0566 e. The summed E-state index contributed by atoms with van der Waals surface area (Å²) in [5.41, 5.74) is 7.95. The summed E-state index contributed by atoms with van der Waals surface area (Å²) < 4.78 is 0. The molecule has 0 amide bonds. The van der Waals surface area contributed by atoms with E-state index in [1.807, 2.05) is 11.3 Å². The highest BCUT2D eigenvalue weighted by Gasteiger charge is 2.28. The normalized spacial score (nSPS) is 22.7. The van der Waals surface area contributed by atoms with Gasteiger partial charge in [0.1, 0.15) is 0 Å². The summed E-state index contributed by atoms with van der Waals surface area (Å²) in [5, 5.41) is 2.19. The number of nitrogens with two attached hydrogens (primary N) is 1. The van der Waals surface area contributed by atoms with Gasteiger partial charge in [-0.25, -0.2) is 0 Å². The molecule has 2 nitrogen and oxygen atoms in total. The Hall–Kier alpha value is -0.380. The highest BCUT2D eigenvalue weighted by molar-refractivity contribution is 7.10. The Balaban J connectivity index is 2.11. The quantitative estimate of drug-likeness (QED) is 0.906. The molecular formula is C15H26N2S. The lowest BCUT2D eigenvalue weighted by atomic mass is 9.85. The number of hydrogen-bond acceptors (Lipinski definition) is 3. The minimum absolute atomic E-state index is 0.430. The molecule has 0 spiro atoms. The number of aryl methyl sites for hydroxylation is 1. The molecule has 1 aliphatic heterocycles. The molecule has 0 aliphatic carbocycles. The molecule has 1 aliphatic rings. The molecule has 1 atom stereocenters. The van der Waals surface area contributed by atoms with Gasteiger partial charge in [-0.15, -0.1) is 11.3 Å². The SMILES string of the molecule is Cc1ccsc1C(CN)N1CCCC(C)(C)CC1. The molecule has 1 fully saturated rings. The van der Waals surface area contributed by atoms with Crippen LogP contribution in [0.5, 0.6) is 0 Å². The summed E-state index contributed by atoms with van der Waals surface area (Å²) in [6.07, 6.45) is 3.92. The van der Waals surface area contributed by atoms with Gasteiger partial charge >= 0.3 is 0 Å². The van der Waals surface area contributed by atoms with Crippen molar-refractivity contribution in [3.63, 3.8) is 0 Å². The first-order valence-electron chi connectivity index (χ1n) is 7.01.